The zero-order valence-corrected chi connectivity index (χ0v) is 22.3. The Morgan fingerprint density at radius 1 is 1.14 bits per heavy atom. The molecule has 3 rings (SSSR count). The third-order valence-electron chi connectivity index (χ3n) is 5.87. The lowest BCUT2D eigenvalue weighted by Crippen LogP contribution is -2.23. The Morgan fingerprint density at radius 2 is 1.89 bits per heavy atom. The van der Waals surface area contributed by atoms with Gasteiger partial charge in [-0.15, -0.1) is 0 Å². The van der Waals surface area contributed by atoms with Crippen molar-refractivity contribution in [1.29, 1.82) is 0 Å². The van der Waals surface area contributed by atoms with Gasteiger partial charge in [-0.1, -0.05) is 6.07 Å². The van der Waals surface area contributed by atoms with Crippen molar-refractivity contribution in [2.75, 3.05) is 34.0 Å². The van der Waals surface area contributed by atoms with Crippen molar-refractivity contribution in [1.82, 2.24) is 5.32 Å². The number of methoxy groups -OCH3 is 2. The predicted molar refractivity (Wildman–Crippen MR) is 143 cm³/mol. The fourth-order valence-electron chi connectivity index (χ4n) is 4.09. The summed E-state index contributed by atoms with van der Waals surface area (Å²) in [6.07, 6.45) is 4.30. The van der Waals surface area contributed by atoms with Crippen molar-refractivity contribution in [3.8, 4) is 28.4 Å². The summed E-state index contributed by atoms with van der Waals surface area (Å²) in [5.41, 5.74) is 5.14. The van der Waals surface area contributed by atoms with Crippen LogP contribution in [0.3, 0.4) is 0 Å². The van der Waals surface area contributed by atoms with Crippen molar-refractivity contribution in [2.24, 2.45) is 0 Å². The highest BCUT2D eigenvalue weighted by molar-refractivity contribution is 6.01. The summed E-state index contributed by atoms with van der Waals surface area (Å²) in [5.74, 6) is 1.86. The molecule has 0 aliphatic rings. The summed E-state index contributed by atoms with van der Waals surface area (Å²) in [7, 11) is 3.22. The second-order valence-electron chi connectivity index (χ2n) is 8.80. The van der Waals surface area contributed by atoms with Crippen molar-refractivity contribution >= 4 is 22.4 Å². The van der Waals surface area contributed by atoms with Gasteiger partial charge in [-0.25, -0.2) is 0 Å². The average Bonchev–Trinajstić information content (AvgIpc) is 3.29. The topological polar surface area (TPSA) is 79.2 Å². The van der Waals surface area contributed by atoms with E-state index in [4.69, 9.17) is 23.4 Å². The molecule has 0 saturated carbocycles. The highest BCUT2D eigenvalue weighted by Gasteiger charge is 2.20. The van der Waals surface area contributed by atoms with Gasteiger partial charge in [0.2, 0.25) is 5.91 Å². The fraction of sp³-hybridized carbons (Fsp3) is 0.414. The minimum absolute atomic E-state index is 0.149. The molecule has 0 saturated heterocycles. The Bertz CT molecular complexity index is 1220. The standard InChI is InChI=1S/C29H37NO6/c1-8-34-28-20(5)29-23(24(17-36-29)21-10-11-25(32-6)26(15-21)33-7)16-22(28)19(4)14-27(31)30-12-9-13-35-18(2)3/h10-11,14-18H,8-9,12-13H2,1-7H3,(H,30,31)/b19-14+. The van der Waals surface area contributed by atoms with Crippen LogP contribution in [-0.4, -0.2) is 46.0 Å². The lowest BCUT2D eigenvalue weighted by atomic mass is 9.96. The molecule has 0 fully saturated rings. The van der Waals surface area contributed by atoms with Crippen molar-refractivity contribution in [3.05, 3.63) is 47.7 Å². The predicted octanol–water partition coefficient (Wildman–Crippen LogP) is 6.16. The SMILES string of the molecule is CCOc1c(/C(C)=C/C(=O)NCCCOC(C)C)cc2c(-c3ccc(OC)c(OC)c3)coc2c1C. The highest BCUT2D eigenvalue weighted by atomic mass is 16.5. The van der Waals surface area contributed by atoms with Crippen LogP contribution in [0.1, 0.15) is 45.2 Å². The van der Waals surface area contributed by atoms with Crippen LogP contribution in [0.4, 0.5) is 0 Å². The van der Waals surface area contributed by atoms with E-state index in [9.17, 15) is 4.79 Å². The first-order chi connectivity index (χ1) is 17.3. The lowest BCUT2D eigenvalue weighted by molar-refractivity contribution is -0.116. The van der Waals surface area contributed by atoms with Crippen LogP contribution in [0.5, 0.6) is 17.2 Å². The normalized spacial score (nSPS) is 11.7. The molecule has 0 atom stereocenters. The van der Waals surface area contributed by atoms with Gasteiger partial charge in [0, 0.05) is 41.3 Å². The summed E-state index contributed by atoms with van der Waals surface area (Å²) >= 11 is 0. The van der Waals surface area contributed by atoms with E-state index in [0.717, 1.165) is 45.2 Å². The van der Waals surface area contributed by atoms with Crippen LogP contribution in [0.15, 0.2) is 41.0 Å². The summed E-state index contributed by atoms with van der Waals surface area (Å²) in [6.45, 7) is 11.5. The number of allylic oxidation sites excluding steroid dienone is 1. The van der Waals surface area contributed by atoms with E-state index in [1.54, 1.807) is 26.6 Å². The van der Waals surface area contributed by atoms with Crippen molar-refractivity contribution < 1.29 is 28.2 Å². The molecule has 1 N–H and O–H groups in total. The largest absolute Gasteiger partial charge is 0.493 e. The van der Waals surface area contributed by atoms with Crippen LogP contribution < -0.4 is 19.5 Å². The molecule has 0 aliphatic carbocycles. The smallest absolute Gasteiger partial charge is 0.244 e. The van der Waals surface area contributed by atoms with Gasteiger partial charge in [0.15, 0.2) is 11.5 Å². The second kappa shape index (κ2) is 12.5. The van der Waals surface area contributed by atoms with Gasteiger partial charge in [0.25, 0.3) is 0 Å². The molecule has 3 aromatic rings. The Labute approximate surface area is 213 Å². The van der Waals surface area contributed by atoms with E-state index in [-0.39, 0.29) is 12.0 Å². The first-order valence-electron chi connectivity index (χ1n) is 12.3. The Morgan fingerprint density at radius 3 is 2.56 bits per heavy atom. The van der Waals surface area contributed by atoms with E-state index in [1.165, 1.54) is 0 Å². The molecule has 194 valence electrons. The van der Waals surface area contributed by atoms with Crippen LogP contribution >= 0.6 is 0 Å². The number of fused-ring (bicyclic) bond motifs is 1. The van der Waals surface area contributed by atoms with Gasteiger partial charge < -0.3 is 28.7 Å². The molecule has 2 aromatic carbocycles. The number of hydrogen-bond donors (Lipinski definition) is 1. The maximum absolute atomic E-state index is 12.6. The molecule has 7 heteroatoms. The van der Waals surface area contributed by atoms with Crippen molar-refractivity contribution in [2.45, 2.75) is 47.1 Å². The van der Waals surface area contributed by atoms with E-state index >= 15 is 0 Å². The molecule has 0 radical (unpaired) electrons. The molecule has 1 heterocycles. The van der Waals surface area contributed by atoms with Crippen molar-refractivity contribution in [3.63, 3.8) is 0 Å². The lowest BCUT2D eigenvalue weighted by Gasteiger charge is -2.15. The van der Waals surface area contributed by atoms with Gasteiger partial charge in [-0.2, -0.15) is 0 Å². The zero-order chi connectivity index (χ0) is 26.2. The minimum atomic E-state index is -0.149. The minimum Gasteiger partial charge on any atom is -0.493 e. The molecular weight excluding hydrogens is 458 g/mol. The van der Waals surface area contributed by atoms with Crippen LogP contribution in [-0.2, 0) is 9.53 Å². The van der Waals surface area contributed by atoms with Gasteiger partial charge >= 0.3 is 0 Å². The number of carbonyl (C=O) groups is 1. The number of carbonyl (C=O) groups excluding carboxylic acids is 1. The zero-order valence-electron chi connectivity index (χ0n) is 22.3. The van der Waals surface area contributed by atoms with Gasteiger partial charge in [-0.3, -0.25) is 4.79 Å². The summed E-state index contributed by atoms with van der Waals surface area (Å²) in [5, 5.41) is 3.86. The third kappa shape index (κ3) is 6.21. The van der Waals surface area contributed by atoms with Gasteiger partial charge in [0.1, 0.15) is 11.3 Å². The number of nitrogens with one attached hydrogen (secondary N) is 1. The van der Waals surface area contributed by atoms with E-state index in [0.29, 0.717) is 37.0 Å². The molecule has 0 spiro atoms. The van der Waals surface area contributed by atoms with Gasteiger partial charge in [-0.05, 0) is 70.4 Å². The highest BCUT2D eigenvalue weighted by Crippen LogP contribution is 2.42. The Kier molecular flexibility index (Phi) is 9.42. The maximum Gasteiger partial charge on any atom is 0.244 e. The number of furan rings is 1. The summed E-state index contributed by atoms with van der Waals surface area (Å²) in [4.78, 5) is 12.6. The van der Waals surface area contributed by atoms with Crippen LogP contribution in [0.2, 0.25) is 0 Å². The summed E-state index contributed by atoms with van der Waals surface area (Å²) in [6, 6.07) is 7.79. The van der Waals surface area contributed by atoms with Gasteiger partial charge in [0.05, 0.1) is 33.2 Å². The molecular formula is C29H37NO6. The van der Waals surface area contributed by atoms with E-state index in [1.807, 2.05) is 58.9 Å². The Balaban J connectivity index is 1.97. The number of aryl methyl sites for hydroxylation is 1. The molecule has 0 unspecified atom stereocenters. The number of benzene rings is 2. The second-order valence-corrected chi connectivity index (χ2v) is 8.80. The Hall–Kier alpha value is -3.45. The average molecular weight is 496 g/mol. The molecule has 1 amide bonds. The number of rotatable bonds is 12. The third-order valence-corrected chi connectivity index (χ3v) is 5.87. The molecule has 7 nitrogen and oxygen atoms in total. The van der Waals surface area contributed by atoms with E-state index < -0.39 is 0 Å². The van der Waals surface area contributed by atoms with Crippen LogP contribution in [0, 0.1) is 6.92 Å². The summed E-state index contributed by atoms with van der Waals surface area (Å²) < 4.78 is 28.4. The first kappa shape index (κ1) is 27.1. The fourth-order valence-corrected chi connectivity index (χ4v) is 4.09. The quantitative estimate of drug-likeness (QED) is 0.240. The number of ether oxygens (including phenoxy) is 4. The number of hydrogen-bond acceptors (Lipinski definition) is 6. The van der Waals surface area contributed by atoms with Crippen LogP contribution in [0.25, 0.3) is 27.7 Å². The monoisotopic (exact) mass is 495 g/mol. The van der Waals surface area contributed by atoms with E-state index in [2.05, 4.69) is 5.32 Å². The maximum atomic E-state index is 12.6. The molecule has 0 bridgehead atoms. The molecule has 36 heavy (non-hydrogen) atoms. The first-order valence-corrected chi connectivity index (χ1v) is 12.3. The number of amides is 1. The molecule has 0 aliphatic heterocycles. The molecule has 1 aromatic heterocycles.